The molecule has 3 nitrogen and oxygen atoms in total. The Hall–Kier alpha value is -1.68. The van der Waals surface area contributed by atoms with Gasteiger partial charge >= 0.3 is 0 Å². The first-order chi connectivity index (χ1) is 9.28. The molecule has 0 spiro atoms. The topological polar surface area (TPSA) is 30.7 Å². The van der Waals surface area contributed by atoms with E-state index >= 15 is 0 Å². The highest BCUT2D eigenvalue weighted by Crippen LogP contribution is 2.19. The summed E-state index contributed by atoms with van der Waals surface area (Å²) in [5.74, 6) is 1.05. The van der Waals surface area contributed by atoms with Crippen molar-refractivity contribution in [3.63, 3.8) is 0 Å². The average Bonchev–Trinajstić information content (AvgIpc) is 2.96. The number of aryl methyl sites for hydroxylation is 2. The van der Waals surface area contributed by atoms with Crippen LogP contribution in [0.1, 0.15) is 29.9 Å². The maximum absolute atomic E-state index is 4.69. The lowest BCUT2D eigenvalue weighted by Crippen LogP contribution is -2.02. The van der Waals surface area contributed by atoms with E-state index in [0.717, 1.165) is 36.4 Å². The number of thiazole rings is 1. The number of aromatic nitrogens is 3. The molecule has 3 rings (SSSR count). The van der Waals surface area contributed by atoms with Gasteiger partial charge in [0.1, 0.15) is 5.82 Å². The van der Waals surface area contributed by atoms with Gasteiger partial charge in [0.05, 0.1) is 28.3 Å². The molecule has 0 N–H and O–H groups in total. The summed E-state index contributed by atoms with van der Waals surface area (Å²) in [6, 6.07) is 8.27. The van der Waals surface area contributed by atoms with Crippen LogP contribution in [-0.4, -0.2) is 14.5 Å². The van der Waals surface area contributed by atoms with Gasteiger partial charge in [-0.05, 0) is 31.9 Å². The summed E-state index contributed by atoms with van der Waals surface area (Å²) in [6.07, 6.45) is 2.23. The van der Waals surface area contributed by atoms with E-state index in [-0.39, 0.29) is 0 Å². The third kappa shape index (κ3) is 2.40. The van der Waals surface area contributed by atoms with Gasteiger partial charge in [0.25, 0.3) is 0 Å². The highest BCUT2D eigenvalue weighted by Gasteiger charge is 2.09. The summed E-state index contributed by atoms with van der Waals surface area (Å²) in [5.41, 5.74) is 3.38. The van der Waals surface area contributed by atoms with Crippen molar-refractivity contribution in [2.75, 3.05) is 0 Å². The van der Waals surface area contributed by atoms with E-state index in [1.54, 1.807) is 11.3 Å². The van der Waals surface area contributed by atoms with Gasteiger partial charge in [-0.25, -0.2) is 9.97 Å². The third-order valence-electron chi connectivity index (χ3n) is 3.23. The Bertz CT molecular complexity index is 696. The predicted octanol–water partition coefficient (Wildman–Crippen LogP) is 3.80. The minimum atomic E-state index is 0.812. The SMILES string of the molecule is CCCc1nc(Cn2c(C)nc3ccccc32)cs1. The lowest BCUT2D eigenvalue weighted by atomic mass is 10.3. The van der Waals surface area contributed by atoms with Gasteiger partial charge in [0.15, 0.2) is 0 Å². The van der Waals surface area contributed by atoms with Crippen molar-refractivity contribution in [3.8, 4) is 0 Å². The minimum Gasteiger partial charge on any atom is -0.322 e. The van der Waals surface area contributed by atoms with Crippen LogP contribution >= 0.6 is 11.3 Å². The molecule has 0 aliphatic heterocycles. The first kappa shape index (κ1) is 12.4. The van der Waals surface area contributed by atoms with Crippen LogP contribution < -0.4 is 0 Å². The summed E-state index contributed by atoms with van der Waals surface area (Å²) in [5, 5.41) is 3.40. The highest BCUT2D eigenvalue weighted by atomic mass is 32.1. The van der Waals surface area contributed by atoms with Crippen LogP contribution in [0.25, 0.3) is 11.0 Å². The number of para-hydroxylation sites is 2. The molecule has 98 valence electrons. The fourth-order valence-corrected chi connectivity index (χ4v) is 3.20. The summed E-state index contributed by atoms with van der Waals surface area (Å²) >= 11 is 1.76. The Balaban J connectivity index is 1.93. The largest absolute Gasteiger partial charge is 0.322 e. The Morgan fingerprint density at radius 2 is 2.05 bits per heavy atom. The molecule has 1 aromatic carbocycles. The summed E-state index contributed by atoms with van der Waals surface area (Å²) in [6.45, 7) is 5.06. The van der Waals surface area contributed by atoms with Crippen LogP contribution in [0.15, 0.2) is 29.6 Å². The van der Waals surface area contributed by atoms with Gasteiger partial charge in [0.2, 0.25) is 0 Å². The molecule has 3 aromatic rings. The number of imidazole rings is 1. The smallest absolute Gasteiger partial charge is 0.107 e. The number of hydrogen-bond donors (Lipinski definition) is 0. The van der Waals surface area contributed by atoms with Crippen molar-refractivity contribution in [2.24, 2.45) is 0 Å². The Labute approximate surface area is 116 Å². The summed E-state index contributed by atoms with van der Waals surface area (Å²) < 4.78 is 2.24. The quantitative estimate of drug-likeness (QED) is 0.722. The van der Waals surface area contributed by atoms with E-state index in [0.29, 0.717) is 0 Å². The zero-order valence-electron chi connectivity index (χ0n) is 11.3. The predicted molar refractivity (Wildman–Crippen MR) is 79.7 cm³/mol. The second-order valence-electron chi connectivity index (χ2n) is 4.72. The van der Waals surface area contributed by atoms with Gasteiger partial charge in [-0.3, -0.25) is 0 Å². The third-order valence-corrected chi connectivity index (χ3v) is 4.19. The zero-order chi connectivity index (χ0) is 13.2. The molecule has 0 amide bonds. The molecule has 4 heteroatoms. The molecule has 2 heterocycles. The number of rotatable bonds is 4. The molecule has 2 aromatic heterocycles. The molecule has 0 fully saturated rings. The molecule has 0 aliphatic carbocycles. The normalized spacial score (nSPS) is 11.3. The van der Waals surface area contributed by atoms with Crippen molar-refractivity contribution in [1.82, 2.24) is 14.5 Å². The van der Waals surface area contributed by atoms with E-state index in [4.69, 9.17) is 4.98 Å². The van der Waals surface area contributed by atoms with E-state index < -0.39 is 0 Å². The highest BCUT2D eigenvalue weighted by molar-refractivity contribution is 7.09. The Morgan fingerprint density at radius 1 is 1.21 bits per heavy atom. The molecule has 0 aliphatic rings. The molecule has 0 unspecified atom stereocenters. The molecular formula is C15H17N3S. The average molecular weight is 271 g/mol. The number of hydrogen-bond acceptors (Lipinski definition) is 3. The van der Waals surface area contributed by atoms with Crippen molar-refractivity contribution in [1.29, 1.82) is 0 Å². The lowest BCUT2D eigenvalue weighted by molar-refractivity contribution is 0.762. The van der Waals surface area contributed by atoms with Gasteiger partial charge < -0.3 is 4.57 Å². The van der Waals surface area contributed by atoms with Crippen molar-refractivity contribution >= 4 is 22.4 Å². The van der Waals surface area contributed by atoms with Crippen LogP contribution in [0.2, 0.25) is 0 Å². The van der Waals surface area contributed by atoms with Gasteiger partial charge in [-0.2, -0.15) is 0 Å². The van der Waals surface area contributed by atoms with Gasteiger partial charge in [-0.1, -0.05) is 19.1 Å². The van der Waals surface area contributed by atoms with Crippen LogP contribution in [0, 0.1) is 6.92 Å². The lowest BCUT2D eigenvalue weighted by Gasteiger charge is -2.04. The van der Waals surface area contributed by atoms with Gasteiger partial charge in [0, 0.05) is 5.38 Å². The molecular weight excluding hydrogens is 254 g/mol. The second-order valence-corrected chi connectivity index (χ2v) is 5.66. The van der Waals surface area contributed by atoms with Crippen molar-refractivity contribution < 1.29 is 0 Å². The standard InChI is InChI=1S/C15H17N3S/c1-3-6-15-17-12(10-19-15)9-18-11(2)16-13-7-4-5-8-14(13)18/h4-5,7-8,10H,3,6,9H2,1-2H3. The number of benzene rings is 1. The number of fused-ring (bicyclic) bond motifs is 1. The van der Waals surface area contributed by atoms with Crippen LogP contribution in [-0.2, 0) is 13.0 Å². The molecule has 0 bridgehead atoms. The molecule has 0 atom stereocenters. The fourth-order valence-electron chi connectivity index (χ4n) is 2.31. The molecule has 19 heavy (non-hydrogen) atoms. The van der Waals surface area contributed by atoms with Crippen molar-refractivity contribution in [2.45, 2.75) is 33.2 Å². The molecule has 0 radical (unpaired) electrons. The van der Waals surface area contributed by atoms with Crippen LogP contribution in [0.5, 0.6) is 0 Å². The summed E-state index contributed by atoms with van der Waals surface area (Å²) in [7, 11) is 0. The van der Waals surface area contributed by atoms with E-state index in [1.807, 2.05) is 6.07 Å². The van der Waals surface area contributed by atoms with Crippen LogP contribution in [0.3, 0.4) is 0 Å². The van der Waals surface area contributed by atoms with Gasteiger partial charge in [-0.15, -0.1) is 11.3 Å². The minimum absolute atomic E-state index is 0.812. The first-order valence-corrected chi connectivity index (χ1v) is 7.51. The van der Waals surface area contributed by atoms with Crippen LogP contribution in [0.4, 0.5) is 0 Å². The van der Waals surface area contributed by atoms with E-state index in [1.165, 1.54) is 10.5 Å². The second kappa shape index (κ2) is 5.13. The maximum atomic E-state index is 4.69. The Kier molecular flexibility index (Phi) is 3.34. The number of nitrogens with zero attached hydrogens (tertiary/aromatic N) is 3. The van der Waals surface area contributed by atoms with E-state index in [2.05, 4.69) is 47.0 Å². The molecule has 0 saturated carbocycles. The molecule has 0 saturated heterocycles. The fraction of sp³-hybridized carbons (Fsp3) is 0.333. The van der Waals surface area contributed by atoms with Crippen molar-refractivity contribution in [3.05, 3.63) is 46.2 Å². The monoisotopic (exact) mass is 271 g/mol. The Morgan fingerprint density at radius 3 is 2.89 bits per heavy atom. The first-order valence-electron chi connectivity index (χ1n) is 6.63. The maximum Gasteiger partial charge on any atom is 0.107 e. The summed E-state index contributed by atoms with van der Waals surface area (Å²) in [4.78, 5) is 9.28. The zero-order valence-corrected chi connectivity index (χ0v) is 12.1. The van der Waals surface area contributed by atoms with E-state index in [9.17, 15) is 0 Å².